The number of carbonyl (C=O) groups is 2. The van der Waals surface area contributed by atoms with Crippen LogP contribution in [0.3, 0.4) is 0 Å². The van der Waals surface area contributed by atoms with E-state index in [1.165, 1.54) is 12.2 Å². The Hall–Kier alpha value is -4.45. The number of aromatic amines is 1. The van der Waals surface area contributed by atoms with Gasteiger partial charge in [-0.05, 0) is 65.1 Å². The molecule has 34 heavy (non-hydrogen) atoms. The molecule has 4 aromatic rings. The number of carbonyl (C=O) groups excluding carboxylic acids is 2. The fourth-order valence-electron chi connectivity index (χ4n) is 3.37. The van der Waals surface area contributed by atoms with Crippen LogP contribution in [0.25, 0.3) is 23.1 Å². The molecule has 0 atom stereocenters. The van der Waals surface area contributed by atoms with Gasteiger partial charge in [0.15, 0.2) is 11.6 Å². The fourth-order valence-corrected chi connectivity index (χ4v) is 3.37. The number of aromatic nitrogens is 2. The summed E-state index contributed by atoms with van der Waals surface area (Å²) in [7, 11) is 1.56. The van der Waals surface area contributed by atoms with E-state index in [9.17, 15) is 9.59 Å². The lowest BCUT2D eigenvalue weighted by Gasteiger charge is -2.09. The molecule has 0 amide bonds. The second kappa shape index (κ2) is 10.9. The van der Waals surface area contributed by atoms with Crippen molar-refractivity contribution in [3.63, 3.8) is 0 Å². The van der Waals surface area contributed by atoms with Gasteiger partial charge in [0, 0.05) is 24.0 Å². The molecule has 4 rings (SSSR count). The molecule has 0 saturated heterocycles. The number of nitrogens with zero attached hydrogens (tertiary/aromatic N) is 1. The van der Waals surface area contributed by atoms with Gasteiger partial charge in [-0.15, -0.1) is 0 Å². The number of H-pyrrole nitrogens is 1. The van der Waals surface area contributed by atoms with Crippen molar-refractivity contribution in [2.75, 3.05) is 7.11 Å². The maximum Gasteiger partial charge on any atom is 0.163 e. The van der Waals surface area contributed by atoms with Gasteiger partial charge in [-0.25, -0.2) is 0 Å². The highest BCUT2D eigenvalue weighted by Gasteiger charge is 2.06. The fraction of sp³-hybridized carbons (Fsp3) is 0.107. The minimum Gasteiger partial charge on any atom is -0.497 e. The van der Waals surface area contributed by atoms with Gasteiger partial charge < -0.3 is 14.5 Å². The van der Waals surface area contributed by atoms with Gasteiger partial charge in [0.25, 0.3) is 0 Å². The summed E-state index contributed by atoms with van der Waals surface area (Å²) in [6, 6.07) is 18.8. The van der Waals surface area contributed by atoms with E-state index in [1.807, 2.05) is 48.7 Å². The number of hydrogen-bond donors (Lipinski definition) is 1. The Balaban J connectivity index is 1.35. The quantitative estimate of drug-likeness (QED) is 0.257. The lowest BCUT2D eigenvalue weighted by atomic mass is 10.1. The average molecular weight is 453 g/mol. The van der Waals surface area contributed by atoms with Crippen LogP contribution in [0, 0.1) is 0 Å². The number of fused-ring (bicyclic) bond motifs is 1. The van der Waals surface area contributed by atoms with Crippen LogP contribution in [-0.4, -0.2) is 28.6 Å². The van der Waals surface area contributed by atoms with E-state index in [4.69, 9.17) is 9.47 Å². The number of methoxy groups -OCH3 is 1. The molecule has 0 bridgehead atoms. The molecule has 2 aromatic heterocycles. The molecule has 6 nitrogen and oxygen atoms in total. The first-order valence-corrected chi connectivity index (χ1v) is 10.8. The summed E-state index contributed by atoms with van der Waals surface area (Å²) < 4.78 is 11.1. The number of ether oxygens (including phenoxy) is 2. The molecule has 0 radical (unpaired) electrons. The van der Waals surface area contributed by atoms with Crippen molar-refractivity contribution >= 4 is 34.6 Å². The van der Waals surface area contributed by atoms with Crippen LogP contribution < -0.4 is 9.47 Å². The smallest absolute Gasteiger partial charge is 0.163 e. The number of rotatable bonds is 10. The normalized spacial score (nSPS) is 11.3. The van der Waals surface area contributed by atoms with E-state index in [1.54, 1.807) is 43.7 Å². The first-order valence-electron chi connectivity index (χ1n) is 10.8. The lowest BCUT2D eigenvalue weighted by molar-refractivity contribution is -0.121. The predicted molar refractivity (Wildman–Crippen MR) is 133 cm³/mol. The Morgan fingerprint density at radius 3 is 2.47 bits per heavy atom. The maximum absolute atomic E-state index is 12.3. The number of nitrogens with one attached hydrogen (secondary N) is 1. The average Bonchev–Trinajstić information content (AvgIpc) is 3.33. The molecule has 2 aromatic carbocycles. The molecule has 0 spiro atoms. The van der Waals surface area contributed by atoms with Crippen molar-refractivity contribution in [3.05, 3.63) is 102 Å². The van der Waals surface area contributed by atoms with Gasteiger partial charge in [0.2, 0.25) is 0 Å². The zero-order chi connectivity index (χ0) is 23.8. The van der Waals surface area contributed by atoms with Gasteiger partial charge in [-0.2, -0.15) is 0 Å². The number of ketones is 2. The second-order valence-corrected chi connectivity index (χ2v) is 7.65. The van der Waals surface area contributed by atoms with Crippen LogP contribution in [0.1, 0.15) is 23.2 Å². The SMILES string of the molecule is COc1cc(/C=C/C(=O)CC(=O)/C=C/c2ccc3cc[nH]c3c2)cc(OCc2ccccn2)c1. The van der Waals surface area contributed by atoms with E-state index in [0.717, 1.165) is 27.7 Å². The summed E-state index contributed by atoms with van der Waals surface area (Å²) in [6.07, 6.45) is 9.57. The number of hydrogen-bond acceptors (Lipinski definition) is 5. The molecule has 6 heteroatoms. The third-order valence-corrected chi connectivity index (χ3v) is 5.10. The van der Waals surface area contributed by atoms with Crippen molar-refractivity contribution < 1.29 is 19.1 Å². The molecular weight excluding hydrogens is 428 g/mol. The highest BCUT2D eigenvalue weighted by atomic mass is 16.5. The number of allylic oxidation sites excluding steroid dienone is 2. The van der Waals surface area contributed by atoms with Crippen LogP contribution in [0.2, 0.25) is 0 Å². The highest BCUT2D eigenvalue weighted by molar-refractivity contribution is 6.11. The standard InChI is InChI=1S/C28H24N2O4/c1-33-26-14-21(15-27(18-26)34-19-23-4-2-3-12-29-23)7-10-25(32)17-24(31)9-6-20-5-8-22-11-13-30-28(22)16-20/h2-16,18,30H,17,19H2,1H3/b9-6+,10-7+. The number of benzene rings is 2. The van der Waals surface area contributed by atoms with Gasteiger partial charge in [-0.3, -0.25) is 14.6 Å². The van der Waals surface area contributed by atoms with Crippen LogP contribution in [0.15, 0.2) is 85.2 Å². The molecule has 0 unspecified atom stereocenters. The van der Waals surface area contributed by atoms with Crippen LogP contribution >= 0.6 is 0 Å². The molecule has 0 aliphatic carbocycles. The van der Waals surface area contributed by atoms with Crippen LogP contribution in [0.4, 0.5) is 0 Å². The summed E-state index contributed by atoms with van der Waals surface area (Å²) >= 11 is 0. The lowest BCUT2D eigenvalue weighted by Crippen LogP contribution is -2.02. The monoisotopic (exact) mass is 452 g/mol. The molecule has 2 heterocycles. The predicted octanol–water partition coefficient (Wildman–Crippen LogP) is 5.41. The molecular formula is C28H24N2O4. The molecule has 1 N–H and O–H groups in total. The van der Waals surface area contributed by atoms with E-state index in [-0.39, 0.29) is 18.0 Å². The van der Waals surface area contributed by atoms with E-state index in [2.05, 4.69) is 9.97 Å². The zero-order valence-electron chi connectivity index (χ0n) is 18.7. The van der Waals surface area contributed by atoms with Gasteiger partial charge >= 0.3 is 0 Å². The third kappa shape index (κ3) is 6.29. The van der Waals surface area contributed by atoms with Crippen molar-refractivity contribution in [1.82, 2.24) is 9.97 Å². The molecule has 0 aliphatic heterocycles. The van der Waals surface area contributed by atoms with Gasteiger partial charge in [0.1, 0.15) is 18.1 Å². The van der Waals surface area contributed by atoms with Crippen molar-refractivity contribution in [1.29, 1.82) is 0 Å². The Morgan fingerprint density at radius 1 is 0.912 bits per heavy atom. The van der Waals surface area contributed by atoms with E-state index in [0.29, 0.717) is 18.1 Å². The summed E-state index contributed by atoms with van der Waals surface area (Å²) in [4.78, 5) is 31.9. The molecule has 0 saturated carbocycles. The van der Waals surface area contributed by atoms with E-state index >= 15 is 0 Å². The van der Waals surface area contributed by atoms with Crippen LogP contribution in [-0.2, 0) is 16.2 Å². The Morgan fingerprint density at radius 2 is 1.71 bits per heavy atom. The Kier molecular flexibility index (Phi) is 7.30. The minimum absolute atomic E-state index is 0.204. The Labute approximate surface area is 197 Å². The topological polar surface area (TPSA) is 81.3 Å². The van der Waals surface area contributed by atoms with Crippen molar-refractivity contribution in [2.24, 2.45) is 0 Å². The molecule has 170 valence electrons. The summed E-state index contributed by atoms with van der Waals surface area (Å²) in [5.41, 5.74) is 3.42. The van der Waals surface area contributed by atoms with Gasteiger partial charge in [-0.1, -0.05) is 30.4 Å². The number of pyridine rings is 1. The summed E-state index contributed by atoms with van der Waals surface area (Å²) in [5, 5.41) is 1.10. The summed E-state index contributed by atoms with van der Waals surface area (Å²) in [5.74, 6) is 0.651. The first-order chi connectivity index (χ1) is 16.6. The largest absolute Gasteiger partial charge is 0.497 e. The highest BCUT2D eigenvalue weighted by Crippen LogP contribution is 2.24. The summed E-state index contributed by atoms with van der Waals surface area (Å²) in [6.45, 7) is 0.313. The first kappa shape index (κ1) is 22.7. The third-order valence-electron chi connectivity index (χ3n) is 5.10. The van der Waals surface area contributed by atoms with Crippen LogP contribution in [0.5, 0.6) is 11.5 Å². The van der Waals surface area contributed by atoms with Crippen molar-refractivity contribution in [3.8, 4) is 11.5 Å². The van der Waals surface area contributed by atoms with Gasteiger partial charge in [0.05, 0.1) is 19.2 Å². The zero-order valence-corrected chi connectivity index (χ0v) is 18.7. The van der Waals surface area contributed by atoms with E-state index < -0.39 is 0 Å². The minimum atomic E-state index is -0.284. The molecule has 0 fully saturated rings. The Bertz CT molecular complexity index is 1350. The maximum atomic E-state index is 12.3. The van der Waals surface area contributed by atoms with Crippen molar-refractivity contribution in [2.45, 2.75) is 13.0 Å². The second-order valence-electron chi connectivity index (χ2n) is 7.65. The molecule has 0 aliphatic rings.